The van der Waals surface area contributed by atoms with E-state index in [0.29, 0.717) is 35.9 Å². The highest BCUT2D eigenvalue weighted by Crippen LogP contribution is 2.37. The first-order valence-electron chi connectivity index (χ1n) is 11.4. The van der Waals surface area contributed by atoms with Gasteiger partial charge in [0.05, 0.1) is 20.8 Å². The number of hydrogen-bond acceptors (Lipinski definition) is 9. The molecule has 4 aromatic rings. The van der Waals surface area contributed by atoms with Gasteiger partial charge < -0.3 is 25.3 Å². The summed E-state index contributed by atoms with van der Waals surface area (Å²) in [5.41, 5.74) is 8.08. The summed E-state index contributed by atoms with van der Waals surface area (Å²) in [6.45, 7) is 0.478. The molecular weight excluding hydrogens is 476 g/mol. The topological polar surface area (TPSA) is 166 Å². The zero-order chi connectivity index (χ0) is 26.4. The number of anilines is 1. The fraction of sp³-hybridized carbons (Fsp3) is 0.240. The first-order chi connectivity index (χ1) is 17.9. The van der Waals surface area contributed by atoms with Gasteiger partial charge in [0.1, 0.15) is 11.9 Å². The predicted octanol–water partition coefficient (Wildman–Crippen LogP) is 2.04. The quantitative estimate of drug-likeness (QED) is 0.177. The van der Waals surface area contributed by atoms with Crippen LogP contribution in [0.4, 0.5) is 5.69 Å². The summed E-state index contributed by atoms with van der Waals surface area (Å²) < 4.78 is 17.7. The van der Waals surface area contributed by atoms with Crippen molar-refractivity contribution in [2.45, 2.75) is 12.5 Å². The molecule has 37 heavy (non-hydrogen) atoms. The van der Waals surface area contributed by atoms with Crippen molar-refractivity contribution in [2.24, 2.45) is 5.73 Å². The number of nitrogens with two attached hydrogens (primary N) is 1. The minimum absolute atomic E-state index is 0.0298. The molecule has 0 fully saturated rings. The molecule has 0 amide bonds. The molecule has 0 radical (unpaired) electrons. The van der Waals surface area contributed by atoms with Crippen LogP contribution in [0.25, 0.3) is 5.82 Å². The minimum Gasteiger partial charge on any atom is -0.493 e. The summed E-state index contributed by atoms with van der Waals surface area (Å²) in [7, 11) is 4.78. The van der Waals surface area contributed by atoms with Crippen LogP contribution in [0.1, 0.15) is 28.6 Å². The largest absolute Gasteiger partial charge is 0.493 e. The maximum Gasteiger partial charge on any atom is 0.349 e. The molecule has 0 saturated carbocycles. The van der Waals surface area contributed by atoms with E-state index >= 15 is 0 Å². The van der Waals surface area contributed by atoms with Gasteiger partial charge in [0.25, 0.3) is 0 Å². The third-order valence-corrected chi connectivity index (χ3v) is 5.68. The van der Waals surface area contributed by atoms with Gasteiger partial charge in [-0.05, 0) is 60.5 Å². The molecule has 2 heterocycles. The predicted molar refractivity (Wildman–Crippen MR) is 138 cm³/mol. The smallest absolute Gasteiger partial charge is 0.349 e. The second kappa shape index (κ2) is 11.4. The number of methoxy groups -OCH3 is 3. The van der Waals surface area contributed by atoms with Gasteiger partial charge in [0.15, 0.2) is 23.1 Å². The lowest BCUT2D eigenvalue weighted by atomic mass is 9.99. The van der Waals surface area contributed by atoms with Crippen LogP contribution in [0, 0.1) is 5.41 Å². The molecule has 2 aromatic carbocycles. The number of H-pyrrole nitrogens is 1. The highest BCUT2D eigenvalue weighted by molar-refractivity contribution is 5.95. The normalized spacial score (nSPS) is 11.6. The molecule has 5 N–H and O–H groups in total. The maximum atomic E-state index is 12.8. The van der Waals surface area contributed by atoms with Gasteiger partial charge in [-0.15, -0.1) is 10.2 Å². The number of aromatic amines is 1. The molecule has 0 spiro atoms. The SMILES string of the molecule is COCCc1cc([C@H](Nc2ccc(C(=N)N)cc2)c2nn(-c3cccnn3)c(=O)[nH]2)cc(OC)c1OC. The van der Waals surface area contributed by atoms with Gasteiger partial charge in [-0.1, -0.05) is 0 Å². The van der Waals surface area contributed by atoms with Crippen LogP contribution in [0.2, 0.25) is 0 Å². The molecule has 192 valence electrons. The summed E-state index contributed by atoms with van der Waals surface area (Å²) in [5.74, 6) is 1.73. The second-order valence-corrected chi connectivity index (χ2v) is 8.04. The van der Waals surface area contributed by atoms with Crippen molar-refractivity contribution in [2.75, 3.05) is 33.3 Å². The molecular formula is C25H28N8O4. The lowest BCUT2D eigenvalue weighted by Crippen LogP contribution is -2.17. The van der Waals surface area contributed by atoms with Crippen molar-refractivity contribution in [1.29, 1.82) is 5.41 Å². The zero-order valence-electron chi connectivity index (χ0n) is 20.7. The highest BCUT2D eigenvalue weighted by Gasteiger charge is 2.24. The molecule has 0 saturated heterocycles. The number of benzene rings is 2. The van der Waals surface area contributed by atoms with E-state index in [1.807, 2.05) is 12.1 Å². The van der Waals surface area contributed by atoms with Crippen LogP contribution in [-0.4, -0.2) is 58.7 Å². The van der Waals surface area contributed by atoms with E-state index in [4.69, 9.17) is 25.4 Å². The average molecular weight is 505 g/mol. The monoisotopic (exact) mass is 504 g/mol. The van der Waals surface area contributed by atoms with Crippen molar-refractivity contribution in [3.8, 4) is 17.3 Å². The summed E-state index contributed by atoms with van der Waals surface area (Å²) in [4.78, 5) is 15.7. The number of nitrogens with zero attached hydrogens (tertiary/aromatic N) is 4. The van der Waals surface area contributed by atoms with E-state index in [2.05, 4.69) is 25.6 Å². The van der Waals surface area contributed by atoms with Crippen LogP contribution in [0.5, 0.6) is 11.5 Å². The number of nitrogens with one attached hydrogen (secondary N) is 3. The molecule has 0 aliphatic rings. The molecule has 0 unspecified atom stereocenters. The molecule has 12 nitrogen and oxygen atoms in total. The van der Waals surface area contributed by atoms with Gasteiger partial charge in [0.2, 0.25) is 0 Å². The summed E-state index contributed by atoms with van der Waals surface area (Å²) in [5, 5.41) is 23.4. The average Bonchev–Trinajstić information content (AvgIpc) is 3.31. The van der Waals surface area contributed by atoms with Gasteiger partial charge in [-0.25, -0.2) is 4.79 Å². The molecule has 0 aliphatic carbocycles. The number of nitrogen functional groups attached to an aromatic ring is 1. The Bertz CT molecular complexity index is 1420. The molecule has 12 heteroatoms. The van der Waals surface area contributed by atoms with E-state index < -0.39 is 11.7 Å². The Hall–Kier alpha value is -4.71. The number of ether oxygens (including phenoxy) is 3. The lowest BCUT2D eigenvalue weighted by molar-refractivity contribution is 0.201. The van der Waals surface area contributed by atoms with Gasteiger partial charge in [-0.3, -0.25) is 10.4 Å². The third kappa shape index (κ3) is 5.59. The summed E-state index contributed by atoms with van der Waals surface area (Å²) in [6, 6.07) is 13.6. The molecule has 2 aromatic heterocycles. The molecule has 4 rings (SSSR count). The van der Waals surface area contributed by atoms with E-state index in [0.717, 1.165) is 21.5 Å². The Labute approximate surface area is 212 Å². The van der Waals surface area contributed by atoms with Gasteiger partial charge in [-0.2, -0.15) is 9.78 Å². The van der Waals surface area contributed by atoms with Gasteiger partial charge in [0, 0.05) is 30.1 Å². The van der Waals surface area contributed by atoms with E-state index in [1.165, 1.54) is 6.20 Å². The van der Waals surface area contributed by atoms with Crippen LogP contribution in [-0.2, 0) is 11.2 Å². The van der Waals surface area contributed by atoms with Crippen molar-refractivity contribution in [3.05, 3.63) is 87.7 Å². The Morgan fingerprint density at radius 2 is 1.95 bits per heavy atom. The van der Waals surface area contributed by atoms with Crippen LogP contribution in [0.15, 0.2) is 59.5 Å². The summed E-state index contributed by atoms with van der Waals surface area (Å²) >= 11 is 0. The molecule has 0 bridgehead atoms. The lowest BCUT2D eigenvalue weighted by Gasteiger charge is -2.22. The highest BCUT2D eigenvalue weighted by atomic mass is 16.5. The van der Waals surface area contributed by atoms with E-state index in [-0.39, 0.29) is 11.7 Å². The fourth-order valence-corrected chi connectivity index (χ4v) is 3.89. The first-order valence-corrected chi connectivity index (χ1v) is 11.4. The standard InChI is InChI=1S/C25H28N8O4/c1-35-12-10-16-13-17(14-19(36-2)22(16)37-3)21(29-18-8-6-15(7-9-18)23(26)27)24-30-25(34)33(32-24)20-5-4-11-28-31-20/h4-9,11,13-14,21,29H,10,12H2,1-3H3,(H3,26,27)(H,30,32,34)/t21-/m0/s1. The first kappa shape index (κ1) is 25.4. The van der Waals surface area contributed by atoms with Gasteiger partial charge >= 0.3 is 5.69 Å². The minimum atomic E-state index is -0.602. The Morgan fingerprint density at radius 3 is 2.57 bits per heavy atom. The zero-order valence-corrected chi connectivity index (χ0v) is 20.7. The van der Waals surface area contributed by atoms with Crippen molar-refractivity contribution in [1.82, 2.24) is 25.0 Å². The van der Waals surface area contributed by atoms with Crippen molar-refractivity contribution >= 4 is 11.5 Å². The Kier molecular flexibility index (Phi) is 7.79. The van der Waals surface area contributed by atoms with Crippen molar-refractivity contribution in [3.63, 3.8) is 0 Å². The Morgan fingerprint density at radius 1 is 1.16 bits per heavy atom. The fourth-order valence-electron chi connectivity index (χ4n) is 3.89. The van der Waals surface area contributed by atoms with E-state index in [9.17, 15) is 4.79 Å². The van der Waals surface area contributed by atoms with Crippen molar-refractivity contribution < 1.29 is 14.2 Å². The number of aromatic nitrogens is 5. The third-order valence-electron chi connectivity index (χ3n) is 5.68. The molecule has 0 aliphatic heterocycles. The number of hydrogen-bond donors (Lipinski definition) is 4. The summed E-state index contributed by atoms with van der Waals surface area (Å²) in [6.07, 6.45) is 2.09. The maximum absolute atomic E-state index is 12.8. The number of rotatable bonds is 11. The Balaban J connectivity index is 1.83. The van der Waals surface area contributed by atoms with E-state index in [1.54, 1.807) is 57.7 Å². The molecule has 1 atom stereocenters. The van der Waals surface area contributed by atoms with Crippen LogP contribution < -0.4 is 26.2 Å². The van der Waals surface area contributed by atoms with Crippen LogP contribution in [0.3, 0.4) is 0 Å². The number of amidine groups is 1. The second-order valence-electron chi connectivity index (χ2n) is 8.04. The van der Waals surface area contributed by atoms with Crippen LogP contribution >= 0.6 is 0 Å².